The van der Waals surface area contributed by atoms with E-state index in [1.807, 2.05) is 36.4 Å². The minimum Gasteiger partial charge on any atom is -0.337 e. The summed E-state index contributed by atoms with van der Waals surface area (Å²) in [5, 5.41) is 0. The maximum atomic E-state index is 13.4. The van der Waals surface area contributed by atoms with Crippen molar-refractivity contribution >= 4 is 27.2 Å². The minimum absolute atomic E-state index is 0.100. The van der Waals surface area contributed by atoms with Gasteiger partial charge in [-0.3, -0.25) is 9.59 Å². The van der Waals surface area contributed by atoms with E-state index in [0.29, 0.717) is 25.2 Å². The van der Waals surface area contributed by atoms with E-state index < -0.39 is 15.9 Å². The SMILES string of the molecule is CS(=O)(=O)CC[C@H](C(=O)N1CC=C(c2ccccc2)CC1)N1Cc2ccccc2C1=O. The quantitative estimate of drug-likeness (QED) is 0.695. The molecule has 6 nitrogen and oxygen atoms in total. The molecule has 0 aliphatic carbocycles. The van der Waals surface area contributed by atoms with E-state index >= 15 is 0 Å². The van der Waals surface area contributed by atoms with Crippen LogP contribution in [0.15, 0.2) is 60.7 Å². The van der Waals surface area contributed by atoms with Crippen molar-refractivity contribution in [3.63, 3.8) is 0 Å². The van der Waals surface area contributed by atoms with Crippen LogP contribution in [0.1, 0.15) is 34.3 Å². The summed E-state index contributed by atoms with van der Waals surface area (Å²) in [6.45, 7) is 1.32. The fourth-order valence-electron chi connectivity index (χ4n) is 4.26. The monoisotopic (exact) mass is 438 g/mol. The fourth-order valence-corrected chi connectivity index (χ4v) is 4.91. The summed E-state index contributed by atoms with van der Waals surface area (Å²) in [6, 6.07) is 16.6. The molecule has 0 saturated carbocycles. The van der Waals surface area contributed by atoms with Crippen molar-refractivity contribution in [3.8, 4) is 0 Å². The number of hydrogen-bond acceptors (Lipinski definition) is 4. The number of carbonyl (C=O) groups is 2. The third-order valence-electron chi connectivity index (χ3n) is 5.94. The third-order valence-corrected chi connectivity index (χ3v) is 6.92. The normalized spacial score (nSPS) is 17.3. The Labute approximate surface area is 183 Å². The van der Waals surface area contributed by atoms with Gasteiger partial charge < -0.3 is 9.80 Å². The van der Waals surface area contributed by atoms with E-state index in [1.54, 1.807) is 17.0 Å². The van der Waals surface area contributed by atoms with Crippen LogP contribution < -0.4 is 0 Å². The van der Waals surface area contributed by atoms with Gasteiger partial charge in [0.25, 0.3) is 5.91 Å². The summed E-state index contributed by atoms with van der Waals surface area (Å²) in [7, 11) is -3.26. The Hall–Kier alpha value is -2.93. The molecule has 2 aliphatic heterocycles. The van der Waals surface area contributed by atoms with Gasteiger partial charge in [-0.1, -0.05) is 54.6 Å². The Morgan fingerprint density at radius 1 is 1.06 bits per heavy atom. The van der Waals surface area contributed by atoms with Crippen LogP contribution >= 0.6 is 0 Å². The highest BCUT2D eigenvalue weighted by Crippen LogP contribution is 2.28. The zero-order valence-electron chi connectivity index (χ0n) is 17.5. The maximum absolute atomic E-state index is 13.4. The molecule has 0 spiro atoms. The zero-order valence-corrected chi connectivity index (χ0v) is 18.3. The van der Waals surface area contributed by atoms with Crippen LogP contribution in [0.2, 0.25) is 0 Å². The van der Waals surface area contributed by atoms with Gasteiger partial charge in [-0.15, -0.1) is 0 Å². The van der Waals surface area contributed by atoms with E-state index in [0.717, 1.165) is 23.8 Å². The van der Waals surface area contributed by atoms with Gasteiger partial charge in [-0.2, -0.15) is 0 Å². The van der Waals surface area contributed by atoms with Crippen molar-refractivity contribution in [2.45, 2.75) is 25.4 Å². The lowest BCUT2D eigenvalue weighted by molar-refractivity contribution is -0.135. The van der Waals surface area contributed by atoms with Crippen molar-refractivity contribution in [1.82, 2.24) is 9.80 Å². The Bertz CT molecular complexity index is 1130. The summed E-state index contributed by atoms with van der Waals surface area (Å²) >= 11 is 0. The maximum Gasteiger partial charge on any atom is 0.255 e. The number of fused-ring (bicyclic) bond motifs is 1. The lowest BCUT2D eigenvalue weighted by Gasteiger charge is -2.34. The molecule has 31 heavy (non-hydrogen) atoms. The number of hydrogen-bond donors (Lipinski definition) is 0. The molecule has 4 rings (SSSR count). The largest absolute Gasteiger partial charge is 0.337 e. The van der Waals surface area contributed by atoms with Gasteiger partial charge in [0.15, 0.2) is 0 Å². The highest BCUT2D eigenvalue weighted by Gasteiger charge is 2.38. The van der Waals surface area contributed by atoms with Gasteiger partial charge in [0, 0.05) is 31.5 Å². The molecule has 162 valence electrons. The smallest absolute Gasteiger partial charge is 0.255 e. The van der Waals surface area contributed by atoms with E-state index in [1.165, 1.54) is 10.5 Å². The molecule has 2 aliphatic rings. The molecule has 0 fully saturated rings. The number of amides is 2. The molecule has 0 saturated heterocycles. The second kappa shape index (κ2) is 8.67. The van der Waals surface area contributed by atoms with Crippen LogP contribution in [-0.4, -0.2) is 61.2 Å². The predicted octanol–water partition coefficient (Wildman–Crippen LogP) is 2.76. The number of nitrogens with zero attached hydrogens (tertiary/aromatic N) is 2. The molecule has 2 aromatic rings. The van der Waals surface area contributed by atoms with Crippen molar-refractivity contribution in [2.24, 2.45) is 0 Å². The van der Waals surface area contributed by atoms with E-state index in [4.69, 9.17) is 0 Å². The van der Waals surface area contributed by atoms with Crippen molar-refractivity contribution in [1.29, 1.82) is 0 Å². The average Bonchev–Trinajstić information content (AvgIpc) is 3.10. The Morgan fingerprint density at radius 2 is 1.77 bits per heavy atom. The average molecular weight is 439 g/mol. The molecule has 0 radical (unpaired) electrons. The molecule has 2 heterocycles. The number of benzene rings is 2. The summed E-state index contributed by atoms with van der Waals surface area (Å²) in [6.07, 6.45) is 4.03. The number of rotatable bonds is 6. The van der Waals surface area contributed by atoms with Crippen molar-refractivity contribution in [3.05, 3.63) is 77.4 Å². The number of sulfone groups is 1. The first-order valence-corrected chi connectivity index (χ1v) is 12.5. The molecular formula is C24H26N2O4S. The molecule has 0 bridgehead atoms. The van der Waals surface area contributed by atoms with Crippen LogP contribution in [0.5, 0.6) is 0 Å². The molecule has 2 amide bonds. The minimum atomic E-state index is -3.26. The van der Waals surface area contributed by atoms with E-state index in [9.17, 15) is 18.0 Å². The van der Waals surface area contributed by atoms with Crippen LogP contribution in [0.25, 0.3) is 5.57 Å². The van der Waals surface area contributed by atoms with Gasteiger partial charge in [0.1, 0.15) is 15.9 Å². The van der Waals surface area contributed by atoms with E-state index in [-0.39, 0.29) is 24.0 Å². The van der Waals surface area contributed by atoms with Gasteiger partial charge in [-0.05, 0) is 35.6 Å². The topological polar surface area (TPSA) is 74.8 Å². The molecule has 0 aromatic heterocycles. The summed E-state index contributed by atoms with van der Waals surface area (Å²) in [5.41, 5.74) is 3.80. The standard InChI is InChI=1S/C24H26N2O4S/c1-31(29,30)16-13-22(26-17-20-9-5-6-10-21(20)23(26)27)24(28)25-14-11-19(12-15-25)18-7-3-2-4-8-18/h2-11,22H,12-17H2,1H3/t22-/m1/s1. The highest BCUT2D eigenvalue weighted by molar-refractivity contribution is 7.90. The molecule has 1 atom stereocenters. The van der Waals surface area contributed by atoms with Gasteiger partial charge in [-0.25, -0.2) is 8.42 Å². The van der Waals surface area contributed by atoms with Crippen LogP contribution in [0.3, 0.4) is 0 Å². The Kier molecular flexibility index (Phi) is 5.96. The second-order valence-corrected chi connectivity index (χ2v) is 10.4. The lowest BCUT2D eigenvalue weighted by atomic mass is 9.99. The highest BCUT2D eigenvalue weighted by atomic mass is 32.2. The first-order chi connectivity index (χ1) is 14.8. The second-order valence-electron chi connectivity index (χ2n) is 8.15. The first kappa shape index (κ1) is 21.3. The third kappa shape index (κ3) is 4.71. The summed E-state index contributed by atoms with van der Waals surface area (Å²) in [4.78, 5) is 29.7. The van der Waals surface area contributed by atoms with Gasteiger partial charge >= 0.3 is 0 Å². The summed E-state index contributed by atoms with van der Waals surface area (Å²) in [5.74, 6) is -0.532. The van der Waals surface area contributed by atoms with Crippen molar-refractivity contribution in [2.75, 3.05) is 25.1 Å². The molecule has 7 heteroatoms. The summed E-state index contributed by atoms with van der Waals surface area (Å²) < 4.78 is 23.6. The van der Waals surface area contributed by atoms with Crippen LogP contribution in [-0.2, 0) is 21.2 Å². The molecule has 0 N–H and O–H groups in total. The fraction of sp³-hybridized carbons (Fsp3) is 0.333. The number of carbonyl (C=O) groups excluding carboxylic acids is 2. The van der Waals surface area contributed by atoms with Gasteiger partial charge in [0.05, 0.1) is 5.75 Å². The zero-order chi connectivity index (χ0) is 22.0. The Morgan fingerprint density at radius 3 is 2.42 bits per heavy atom. The molecule has 2 aromatic carbocycles. The van der Waals surface area contributed by atoms with Crippen LogP contribution in [0, 0.1) is 0 Å². The lowest BCUT2D eigenvalue weighted by Crippen LogP contribution is -2.50. The first-order valence-electron chi connectivity index (χ1n) is 10.4. The Balaban J connectivity index is 1.54. The molecular weight excluding hydrogens is 412 g/mol. The molecule has 0 unspecified atom stereocenters. The van der Waals surface area contributed by atoms with E-state index in [2.05, 4.69) is 12.1 Å². The van der Waals surface area contributed by atoms with Crippen LogP contribution in [0.4, 0.5) is 0 Å². The van der Waals surface area contributed by atoms with Crippen molar-refractivity contribution < 1.29 is 18.0 Å². The van der Waals surface area contributed by atoms with Gasteiger partial charge in [0.2, 0.25) is 5.91 Å². The predicted molar refractivity (Wildman–Crippen MR) is 120 cm³/mol.